The summed E-state index contributed by atoms with van der Waals surface area (Å²) in [5.74, 6) is -1.56. The fourth-order valence-corrected chi connectivity index (χ4v) is 3.20. The third-order valence-electron chi connectivity index (χ3n) is 3.06. The minimum absolute atomic E-state index is 0.0682. The molecule has 2 rings (SSSR count). The lowest BCUT2D eigenvalue weighted by Crippen LogP contribution is -2.11. The normalized spacial score (nSPS) is 12.6. The van der Waals surface area contributed by atoms with Gasteiger partial charge in [0.1, 0.15) is 10.6 Å². The van der Waals surface area contributed by atoms with Crippen molar-refractivity contribution in [1.29, 1.82) is 0 Å². The van der Waals surface area contributed by atoms with Crippen LogP contribution in [0.25, 0.3) is 0 Å². The zero-order valence-corrected chi connectivity index (χ0v) is 13.1. The number of carbonyl (C=O) groups is 1. The Morgan fingerprint density at radius 1 is 1.14 bits per heavy atom. The summed E-state index contributed by atoms with van der Waals surface area (Å²) in [4.78, 5) is 10.8. The standard InChI is InChI=1S/C15H13ClO5S/c1-10(15(17)18)11-6-8-12(9-7-11)21-22(19,20)14-5-3-2-4-13(14)16/h2-10H,1H3,(H,17,18). The first-order valence-corrected chi connectivity index (χ1v) is 8.11. The Morgan fingerprint density at radius 3 is 2.27 bits per heavy atom. The van der Waals surface area contributed by atoms with Crippen LogP contribution in [0.3, 0.4) is 0 Å². The van der Waals surface area contributed by atoms with Gasteiger partial charge in [0.25, 0.3) is 0 Å². The van der Waals surface area contributed by atoms with Crippen LogP contribution >= 0.6 is 11.6 Å². The molecule has 7 heteroatoms. The highest BCUT2D eigenvalue weighted by Crippen LogP contribution is 2.26. The molecule has 2 aromatic carbocycles. The number of hydrogen-bond donors (Lipinski definition) is 1. The second kappa shape index (κ2) is 6.37. The van der Waals surface area contributed by atoms with E-state index in [-0.39, 0.29) is 15.7 Å². The SMILES string of the molecule is CC(C(=O)O)c1ccc(OS(=O)(=O)c2ccccc2Cl)cc1. The summed E-state index contributed by atoms with van der Waals surface area (Å²) in [6.45, 7) is 1.54. The largest absolute Gasteiger partial charge is 0.481 e. The number of aliphatic carboxylic acids is 1. The van der Waals surface area contributed by atoms with Crippen LogP contribution < -0.4 is 4.18 Å². The molecule has 0 saturated heterocycles. The van der Waals surface area contributed by atoms with Gasteiger partial charge in [0, 0.05) is 0 Å². The molecule has 0 fully saturated rings. The summed E-state index contributed by atoms with van der Waals surface area (Å²) in [6, 6.07) is 11.8. The maximum atomic E-state index is 12.1. The van der Waals surface area contributed by atoms with Crippen LogP contribution in [0.2, 0.25) is 5.02 Å². The van der Waals surface area contributed by atoms with Crippen LogP contribution in [-0.4, -0.2) is 19.5 Å². The van der Waals surface area contributed by atoms with Crippen molar-refractivity contribution in [2.24, 2.45) is 0 Å². The van der Waals surface area contributed by atoms with Gasteiger partial charge < -0.3 is 9.29 Å². The Kier molecular flexibility index (Phi) is 4.73. The predicted octanol–water partition coefficient (Wildman–Crippen LogP) is 3.30. The molecule has 0 aliphatic carbocycles. The molecule has 1 N–H and O–H groups in total. The number of carboxylic acids is 1. The van der Waals surface area contributed by atoms with Crippen molar-refractivity contribution in [3.8, 4) is 5.75 Å². The molecule has 116 valence electrons. The summed E-state index contributed by atoms with van der Waals surface area (Å²) in [5.41, 5.74) is 0.551. The number of halogens is 1. The highest BCUT2D eigenvalue weighted by Gasteiger charge is 2.20. The van der Waals surface area contributed by atoms with Crippen LogP contribution in [0.1, 0.15) is 18.4 Å². The summed E-state index contributed by atoms with van der Waals surface area (Å²) in [6.07, 6.45) is 0. The zero-order chi connectivity index (χ0) is 16.3. The van der Waals surface area contributed by atoms with Gasteiger partial charge in [-0.05, 0) is 36.8 Å². The van der Waals surface area contributed by atoms with Gasteiger partial charge in [-0.25, -0.2) is 0 Å². The molecule has 0 aliphatic heterocycles. The lowest BCUT2D eigenvalue weighted by molar-refractivity contribution is -0.138. The third-order valence-corrected chi connectivity index (χ3v) is 4.81. The molecule has 0 radical (unpaired) electrons. The molecule has 0 bridgehead atoms. The minimum Gasteiger partial charge on any atom is -0.481 e. The number of benzene rings is 2. The van der Waals surface area contributed by atoms with Gasteiger partial charge in [0.2, 0.25) is 0 Å². The van der Waals surface area contributed by atoms with Gasteiger partial charge in [0.05, 0.1) is 10.9 Å². The van der Waals surface area contributed by atoms with Crippen LogP contribution in [0.4, 0.5) is 0 Å². The third kappa shape index (κ3) is 3.58. The van der Waals surface area contributed by atoms with Gasteiger partial charge in [-0.1, -0.05) is 35.9 Å². The van der Waals surface area contributed by atoms with Gasteiger partial charge in [-0.3, -0.25) is 4.79 Å². The zero-order valence-electron chi connectivity index (χ0n) is 11.6. The van der Waals surface area contributed by atoms with E-state index in [1.165, 1.54) is 36.4 Å². The lowest BCUT2D eigenvalue weighted by Gasteiger charge is -2.10. The van der Waals surface area contributed by atoms with Crippen molar-refractivity contribution in [2.75, 3.05) is 0 Å². The van der Waals surface area contributed by atoms with E-state index in [9.17, 15) is 13.2 Å². The van der Waals surface area contributed by atoms with Crippen LogP contribution in [0, 0.1) is 0 Å². The van der Waals surface area contributed by atoms with E-state index in [1.807, 2.05) is 0 Å². The Hall–Kier alpha value is -2.05. The van der Waals surface area contributed by atoms with Gasteiger partial charge in [0.15, 0.2) is 0 Å². The summed E-state index contributed by atoms with van der Waals surface area (Å²) < 4.78 is 29.3. The number of carboxylic acid groups (broad SMARTS) is 1. The average molecular weight is 341 g/mol. The highest BCUT2D eigenvalue weighted by molar-refractivity contribution is 7.87. The van der Waals surface area contributed by atoms with Crippen LogP contribution in [-0.2, 0) is 14.9 Å². The van der Waals surface area contributed by atoms with E-state index in [1.54, 1.807) is 19.1 Å². The van der Waals surface area contributed by atoms with Crippen molar-refractivity contribution in [2.45, 2.75) is 17.7 Å². The Bertz CT molecular complexity index is 784. The van der Waals surface area contributed by atoms with E-state index in [4.69, 9.17) is 20.9 Å². The second-order valence-corrected chi connectivity index (χ2v) is 6.52. The fourth-order valence-electron chi connectivity index (χ4n) is 1.77. The lowest BCUT2D eigenvalue weighted by atomic mass is 10.0. The smallest absolute Gasteiger partial charge is 0.340 e. The molecular formula is C15H13ClO5S. The molecule has 5 nitrogen and oxygen atoms in total. The molecule has 22 heavy (non-hydrogen) atoms. The van der Waals surface area contributed by atoms with Crippen molar-refractivity contribution in [1.82, 2.24) is 0 Å². The Morgan fingerprint density at radius 2 is 1.73 bits per heavy atom. The molecule has 0 spiro atoms. The average Bonchev–Trinajstić information content (AvgIpc) is 2.47. The first kappa shape index (κ1) is 16.3. The first-order valence-electron chi connectivity index (χ1n) is 6.33. The summed E-state index contributed by atoms with van der Waals surface area (Å²) in [7, 11) is -4.04. The van der Waals surface area contributed by atoms with Crippen molar-refractivity contribution >= 4 is 27.7 Å². The number of hydrogen-bond acceptors (Lipinski definition) is 4. The minimum atomic E-state index is -4.04. The number of rotatable bonds is 5. The first-order chi connectivity index (χ1) is 10.3. The molecule has 2 aromatic rings. The molecule has 1 unspecified atom stereocenters. The van der Waals surface area contributed by atoms with Gasteiger partial charge in [-0.2, -0.15) is 8.42 Å². The molecule has 0 saturated carbocycles. The van der Waals surface area contributed by atoms with E-state index < -0.39 is 22.0 Å². The maximum Gasteiger partial charge on any atom is 0.340 e. The predicted molar refractivity (Wildman–Crippen MR) is 81.8 cm³/mol. The summed E-state index contributed by atoms with van der Waals surface area (Å²) >= 11 is 5.85. The van der Waals surface area contributed by atoms with Crippen molar-refractivity contribution in [3.05, 3.63) is 59.1 Å². The Balaban J connectivity index is 2.24. The highest BCUT2D eigenvalue weighted by atomic mass is 35.5. The second-order valence-electron chi connectivity index (χ2n) is 4.60. The van der Waals surface area contributed by atoms with Gasteiger partial charge in [-0.15, -0.1) is 0 Å². The van der Waals surface area contributed by atoms with E-state index in [2.05, 4.69) is 0 Å². The topological polar surface area (TPSA) is 80.7 Å². The molecule has 0 aromatic heterocycles. The molecular weight excluding hydrogens is 328 g/mol. The quantitative estimate of drug-likeness (QED) is 0.845. The Labute approximate surface area is 133 Å². The van der Waals surface area contributed by atoms with Gasteiger partial charge >= 0.3 is 16.1 Å². The molecule has 1 atom stereocenters. The summed E-state index contributed by atoms with van der Waals surface area (Å²) in [5, 5.41) is 9.00. The maximum absolute atomic E-state index is 12.1. The van der Waals surface area contributed by atoms with Crippen molar-refractivity contribution < 1.29 is 22.5 Å². The fraction of sp³-hybridized carbons (Fsp3) is 0.133. The molecule has 0 aliphatic rings. The molecule has 0 amide bonds. The monoisotopic (exact) mass is 340 g/mol. The van der Waals surface area contributed by atoms with E-state index in [0.29, 0.717) is 5.56 Å². The van der Waals surface area contributed by atoms with Crippen molar-refractivity contribution in [3.63, 3.8) is 0 Å². The van der Waals surface area contributed by atoms with E-state index in [0.717, 1.165) is 0 Å². The molecule has 0 heterocycles. The van der Waals surface area contributed by atoms with Crippen LogP contribution in [0.5, 0.6) is 5.75 Å². The van der Waals surface area contributed by atoms with E-state index >= 15 is 0 Å². The van der Waals surface area contributed by atoms with Crippen LogP contribution in [0.15, 0.2) is 53.4 Å².